The first-order valence-corrected chi connectivity index (χ1v) is 11.1. The predicted molar refractivity (Wildman–Crippen MR) is 112 cm³/mol. The maximum absolute atomic E-state index is 12.3. The number of ether oxygens (including phenoxy) is 1. The van der Waals surface area contributed by atoms with E-state index in [2.05, 4.69) is 5.32 Å². The van der Waals surface area contributed by atoms with Gasteiger partial charge in [-0.05, 0) is 36.6 Å². The molecule has 1 amide bonds. The zero-order chi connectivity index (χ0) is 19.1. The van der Waals surface area contributed by atoms with Gasteiger partial charge in [0.2, 0.25) is 0 Å². The normalized spacial score (nSPS) is 15.3. The minimum atomic E-state index is -0.825. The van der Waals surface area contributed by atoms with Crippen LogP contribution in [0.15, 0.2) is 54.6 Å². The number of carbonyl (C=O) groups excluding carboxylic acids is 2. The summed E-state index contributed by atoms with van der Waals surface area (Å²) >= 11 is 3.85. The minimum absolute atomic E-state index is 0.283. The van der Waals surface area contributed by atoms with Gasteiger partial charge in [0.15, 0.2) is 6.10 Å². The van der Waals surface area contributed by atoms with Crippen molar-refractivity contribution in [2.24, 2.45) is 0 Å². The van der Waals surface area contributed by atoms with Gasteiger partial charge in [-0.2, -0.15) is 0 Å². The number of nitrogens with one attached hydrogen (secondary N) is 1. The highest BCUT2D eigenvalue weighted by atomic mass is 32.2. The average molecular weight is 402 g/mol. The zero-order valence-corrected chi connectivity index (χ0v) is 16.9. The first-order chi connectivity index (χ1) is 13.1. The zero-order valence-electron chi connectivity index (χ0n) is 15.2. The summed E-state index contributed by atoms with van der Waals surface area (Å²) in [5.41, 5.74) is 2.84. The molecule has 0 aromatic heterocycles. The van der Waals surface area contributed by atoms with E-state index in [9.17, 15) is 9.59 Å². The molecule has 0 unspecified atom stereocenters. The average Bonchev–Trinajstić information content (AvgIpc) is 3.23. The van der Waals surface area contributed by atoms with E-state index in [1.54, 1.807) is 19.1 Å². The molecule has 142 valence electrons. The molecule has 0 aliphatic carbocycles. The van der Waals surface area contributed by atoms with Crippen molar-refractivity contribution in [2.75, 3.05) is 18.1 Å². The number of carbonyl (C=O) groups is 2. The van der Waals surface area contributed by atoms with Crippen LogP contribution < -0.4 is 5.32 Å². The predicted octanol–water partition coefficient (Wildman–Crippen LogP) is 4.07. The molecule has 0 bridgehead atoms. The van der Waals surface area contributed by atoms with E-state index in [1.807, 2.05) is 66.0 Å². The van der Waals surface area contributed by atoms with Gasteiger partial charge >= 0.3 is 5.97 Å². The molecule has 0 saturated carbocycles. The fraction of sp³-hybridized carbons (Fsp3) is 0.333. The molecule has 1 aliphatic heterocycles. The van der Waals surface area contributed by atoms with Gasteiger partial charge in [-0.3, -0.25) is 4.79 Å². The lowest BCUT2D eigenvalue weighted by molar-refractivity contribution is -0.129. The number of benzene rings is 2. The molecule has 3 rings (SSSR count). The lowest BCUT2D eigenvalue weighted by atomic mass is 10.1. The molecule has 6 heteroatoms. The van der Waals surface area contributed by atoms with Crippen molar-refractivity contribution < 1.29 is 14.3 Å². The van der Waals surface area contributed by atoms with Crippen molar-refractivity contribution in [1.29, 1.82) is 0 Å². The van der Waals surface area contributed by atoms with E-state index >= 15 is 0 Å². The van der Waals surface area contributed by atoms with Gasteiger partial charge in [0.05, 0.1) is 10.1 Å². The van der Waals surface area contributed by atoms with Gasteiger partial charge in [0, 0.05) is 18.1 Å². The van der Waals surface area contributed by atoms with Crippen LogP contribution in [0.3, 0.4) is 0 Å². The van der Waals surface area contributed by atoms with Gasteiger partial charge in [0.1, 0.15) is 0 Å². The molecular formula is C21H23NO3S2. The van der Waals surface area contributed by atoms with E-state index in [-0.39, 0.29) is 5.91 Å². The van der Waals surface area contributed by atoms with Crippen molar-refractivity contribution in [3.05, 3.63) is 71.3 Å². The molecule has 1 atom stereocenters. The number of thioether (sulfide) groups is 2. The molecule has 0 spiro atoms. The Hall–Kier alpha value is -1.92. The second kappa shape index (κ2) is 9.85. The SMILES string of the molecule is C[C@H](OC(=O)c1ccc(C2SCCS2)cc1)C(=O)NCCc1ccccc1. The number of amides is 1. The fourth-order valence-electron chi connectivity index (χ4n) is 2.73. The van der Waals surface area contributed by atoms with Crippen molar-refractivity contribution >= 4 is 35.4 Å². The maximum atomic E-state index is 12.3. The monoisotopic (exact) mass is 401 g/mol. The second-order valence-corrected chi connectivity index (χ2v) is 8.99. The smallest absolute Gasteiger partial charge is 0.338 e. The van der Waals surface area contributed by atoms with Crippen LogP contribution in [0.25, 0.3) is 0 Å². The van der Waals surface area contributed by atoms with Crippen molar-refractivity contribution in [3.63, 3.8) is 0 Å². The Morgan fingerprint density at radius 3 is 2.41 bits per heavy atom. The molecule has 1 fully saturated rings. The summed E-state index contributed by atoms with van der Waals surface area (Å²) in [7, 11) is 0. The topological polar surface area (TPSA) is 55.4 Å². The summed E-state index contributed by atoms with van der Waals surface area (Å²) in [6, 6.07) is 17.4. The van der Waals surface area contributed by atoms with Gasteiger partial charge in [0.25, 0.3) is 5.91 Å². The molecule has 1 N–H and O–H groups in total. The quantitative estimate of drug-likeness (QED) is 0.709. The molecule has 27 heavy (non-hydrogen) atoms. The van der Waals surface area contributed by atoms with Crippen LogP contribution >= 0.6 is 23.5 Å². The molecule has 4 nitrogen and oxygen atoms in total. The van der Waals surface area contributed by atoms with E-state index in [1.165, 1.54) is 5.56 Å². The van der Waals surface area contributed by atoms with E-state index in [4.69, 9.17) is 4.74 Å². The Balaban J connectivity index is 1.45. The summed E-state index contributed by atoms with van der Waals surface area (Å²) in [5.74, 6) is 1.57. The maximum Gasteiger partial charge on any atom is 0.338 e. The largest absolute Gasteiger partial charge is 0.449 e. The molecular weight excluding hydrogens is 378 g/mol. The van der Waals surface area contributed by atoms with Crippen molar-refractivity contribution in [1.82, 2.24) is 5.32 Å². The van der Waals surface area contributed by atoms with Gasteiger partial charge < -0.3 is 10.1 Å². The Morgan fingerprint density at radius 1 is 1.07 bits per heavy atom. The highest BCUT2D eigenvalue weighted by Gasteiger charge is 2.21. The highest BCUT2D eigenvalue weighted by molar-refractivity contribution is 8.19. The first kappa shape index (κ1) is 19.8. The minimum Gasteiger partial charge on any atom is -0.449 e. The Labute approximate surface area is 168 Å². The third-order valence-electron chi connectivity index (χ3n) is 4.25. The fourth-order valence-corrected chi connectivity index (χ4v) is 5.59. The van der Waals surface area contributed by atoms with Crippen molar-refractivity contribution in [2.45, 2.75) is 24.0 Å². The Kier molecular flexibility index (Phi) is 7.24. The van der Waals surface area contributed by atoms with Crippen LogP contribution in [-0.4, -0.2) is 36.0 Å². The first-order valence-electron chi connectivity index (χ1n) is 8.99. The third kappa shape index (κ3) is 5.78. The molecule has 2 aromatic carbocycles. The van der Waals surface area contributed by atoms with Crippen LogP contribution in [0, 0.1) is 0 Å². The van der Waals surface area contributed by atoms with Gasteiger partial charge in [-0.1, -0.05) is 42.5 Å². The van der Waals surface area contributed by atoms with Crippen LogP contribution in [0.5, 0.6) is 0 Å². The van der Waals surface area contributed by atoms with E-state index < -0.39 is 12.1 Å². The van der Waals surface area contributed by atoms with E-state index in [0.29, 0.717) is 16.7 Å². The number of rotatable bonds is 7. The molecule has 1 aliphatic rings. The second-order valence-electron chi connectivity index (χ2n) is 6.27. The van der Waals surface area contributed by atoms with E-state index in [0.717, 1.165) is 23.5 Å². The Bertz CT molecular complexity index is 759. The highest BCUT2D eigenvalue weighted by Crippen LogP contribution is 2.45. The Morgan fingerprint density at radius 2 is 1.74 bits per heavy atom. The summed E-state index contributed by atoms with van der Waals surface area (Å²) in [4.78, 5) is 24.4. The molecule has 1 saturated heterocycles. The molecule has 2 aromatic rings. The third-order valence-corrected chi connectivity index (χ3v) is 7.35. The van der Waals surface area contributed by atoms with Gasteiger partial charge in [-0.25, -0.2) is 4.79 Å². The lowest BCUT2D eigenvalue weighted by Crippen LogP contribution is -2.36. The summed E-state index contributed by atoms with van der Waals surface area (Å²) < 4.78 is 5.75. The summed E-state index contributed by atoms with van der Waals surface area (Å²) in [6.07, 6.45) is -0.0831. The molecule has 1 heterocycles. The van der Waals surface area contributed by atoms with Gasteiger partial charge in [-0.15, -0.1) is 23.5 Å². The standard InChI is InChI=1S/C21H23NO3S2/c1-15(19(23)22-12-11-16-5-3-2-4-6-16)25-20(24)17-7-9-18(10-8-17)21-26-13-14-27-21/h2-10,15,21H,11-14H2,1H3,(H,22,23)/t15-/m0/s1. The van der Waals surface area contributed by atoms with Crippen LogP contribution in [0.2, 0.25) is 0 Å². The number of hydrogen-bond acceptors (Lipinski definition) is 5. The van der Waals surface area contributed by atoms with Crippen molar-refractivity contribution in [3.8, 4) is 0 Å². The summed E-state index contributed by atoms with van der Waals surface area (Å²) in [5, 5.41) is 2.81. The number of hydrogen-bond donors (Lipinski definition) is 1. The van der Waals surface area contributed by atoms with Crippen LogP contribution in [0.4, 0.5) is 0 Å². The lowest BCUT2D eigenvalue weighted by Gasteiger charge is -2.14. The van der Waals surface area contributed by atoms with Crippen LogP contribution in [0.1, 0.15) is 33.0 Å². The van der Waals surface area contributed by atoms with Crippen LogP contribution in [-0.2, 0) is 16.0 Å². The summed E-state index contributed by atoms with van der Waals surface area (Å²) in [6.45, 7) is 2.10. The molecule has 0 radical (unpaired) electrons. The number of esters is 1.